The van der Waals surface area contributed by atoms with Gasteiger partial charge in [0.05, 0.1) is 36.6 Å². The number of benzene rings is 2. The van der Waals surface area contributed by atoms with Gasteiger partial charge in [0.25, 0.3) is 0 Å². The summed E-state index contributed by atoms with van der Waals surface area (Å²) in [5.74, 6) is -2.33. The minimum Gasteiger partial charge on any atom is -0.466 e. The van der Waals surface area contributed by atoms with Crippen LogP contribution in [0, 0.1) is 28.9 Å². The summed E-state index contributed by atoms with van der Waals surface area (Å²) >= 11 is 0. The van der Waals surface area contributed by atoms with Crippen LogP contribution >= 0.6 is 0 Å². The summed E-state index contributed by atoms with van der Waals surface area (Å²) in [4.78, 5) is 40.5. The van der Waals surface area contributed by atoms with Crippen LogP contribution in [0.4, 0.5) is 14.5 Å². The average Bonchev–Trinajstić information content (AvgIpc) is 3.07. The molecule has 2 aliphatic rings. The third kappa shape index (κ3) is 8.87. The third-order valence-electron chi connectivity index (χ3n) is 8.22. The molecular formula is C33H42F2N6O5. The molecule has 2 fully saturated rings. The Hall–Kier alpha value is -4.38. The molecule has 2 heterocycles. The molecule has 11 nitrogen and oxygen atoms in total. The molecule has 2 aromatic carbocycles. The van der Waals surface area contributed by atoms with Crippen molar-refractivity contribution in [3.8, 4) is 6.07 Å². The molecule has 2 amide bonds. The molecule has 0 aromatic heterocycles. The van der Waals surface area contributed by atoms with E-state index in [4.69, 9.17) is 9.47 Å². The van der Waals surface area contributed by atoms with Crippen molar-refractivity contribution >= 4 is 24.5 Å². The predicted octanol–water partition coefficient (Wildman–Crippen LogP) is 2.59. The smallest absolute Gasteiger partial charge is 0.338 e. The Balaban J connectivity index is 0.000000253. The fraction of sp³-hybridized carbons (Fsp3) is 0.455. The number of nitriles is 1. The second-order valence-corrected chi connectivity index (χ2v) is 11.0. The molecule has 2 saturated heterocycles. The number of hydrogen-bond donors (Lipinski definition) is 2. The number of ether oxygens (including phenoxy) is 2. The van der Waals surface area contributed by atoms with Gasteiger partial charge in [0.1, 0.15) is 6.07 Å². The number of piperidine rings is 1. The van der Waals surface area contributed by atoms with Gasteiger partial charge in [-0.15, -0.1) is 0 Å². The van der Waals surface area contributed by atoms with Crippen LogP contribution in [0.5, 0.6) is 0 Å². The molecule has 2 aliphatic heterocycles. The Morgan fingerprint density at radius 2 is 1.76 bits per heavy atom. The quantitative estimate of drug-likeness (QED) is 0.192. The van der Waals surface area contributed by atoms with Crippen LogP contribution in [0.15, 0.2) is 53.7 Å². The molecule has 0 unspecified atom stereocenters. The Kier molecular flexibility index (Phi) is 14.1. The lowest BCUT2D eigenvalue weighted by Gasteiger charge is -2.47. The number of carbonyl (C=O) groups excluding carboxylic acids is 3. The summed E-state index contributed by atoms with van der Waals surface area (Å²) in [6, 6.07) is 12.5. The average molecular weight is 641 g/mol. The fourth-order valence-electron chi connectivity index (χ4n) is 5.90. The first-order chi connectivity index (χ1) is 22.3. The van der Waals surface area contributed by atoms with Crippen molar-refractivity contribution in [2.45, 2.75) is 24.9 Å². The summed E-state index contributed by atoms with van der Waals surface area (Å²) in [5.41, 5.74) is 1.96. The number of halogens is 2. The van der Waals surface area contributed by atoms with Crippen LogP contribution in [0.1, 0.15) is 30.0 Å². The number of esters is 1. The first kappa shape index (κ1) is 36.1. The predicted molar refractivity (Wildman–Crippen MR) is 168 cm³/mol. The Labute approximate surface area is 268 Å². The maximum Gasteiger partial charge on any atom is 0.338 e. The summed E-state index contributed by atoms with van der Waals surface area (Å²) in [5, 5.41) is 15.2. The second kappa shape index (κ2) is 17.9. The van der Waals surface area contributed by atoms with Crippen molar-refractivity contribution in [1.29, 1.82) is 5.26 Å². The molecule has 0 saturated carbocycles. The maximum atomic E-state index is 13.6. The van der Waals surface area contributed by atoms with Gasteiger partial charge in [-0.3, -0.25) is 19.4 Å². The molecule has 4 rings (SSSR count). The summed E-state index contributed by atoms with van der Waals surface area (Å²) in [6.07, 6.45) is 2.77. The number of imide groups is 1. The van der Waals surface area contributed by atoms with E-state index in [9.17, 15) is 28.4 Å². The van der Waals surface area contributed by atoms with E-state index >= 15 is 0 Å². The standard InChI is InChI=1S/C17H24N4.C16H18F2N2O5/c1-19-11-14-12-21(13-14)16-6-8-20(9-7-16)17-5-3-2-4-15(17)10-18;1-19-13(7-24-2)14(16(23)25-3)15(20(8-21)9-22)10-4-5-11(17)12(18)6-10/h2-5,14,16,19H,6-9,11-13H2,1H3;4-6,8-9,15,19H,7H2,1-3H3/b;14-13+/t;15-/m.0/s1. The van der Waals surface area contributed by atoms with Gasteiger partial charge in [0, 0.05) is 58.6 Å². The molecule has 0 radical (unpaired) electrons. The van der Waals surface area contributed by atoms with E-state index in [1.165, 1.54) is 40.1 Å². The largest absolute Gasteiger partial charge is 0.466 e. The van der Waals surface area contributed by atoms with Crippen molar-refractivity contribution in [2.75, 3.05) is 72.5 Å². The fourth-order valence-corrected chi connectivity index (χ4v) is 5.90. The van der Waals surface area contributed by atoms with Gasteiger partial charge in [-0.1, -0.05) is 18.2 Å². The number of carbonyl (C=O) groups is 3. The van der Waals surface area contributed by atoms with Gasteiger partial charge in [-0.25, -0.2) is 13.6 Å². The van der Waals surface area contributed by atoms with Gasteiger partial charge < -0.3 is 25.0 Å². The Morgan fingerprint density at radius 1 is 1.09 bits per heavy atom. The zero-order valence-electron chi connectivity index (χ0n) is 26.7. The molecule has 0 bridgehead atoms. The van der Waals surface area contributed by atoms with Crippen LogP contribution in [0.3, 0.4) is 0 Å². The molecule has 2 aromatic rings. The van der Waals surface area contributed by atoms with Gasteiger partial charge in [-0.2, -0.15) is 5.26 Å². The lowest BCUT2D eigenvalue weighted by molar-refractivity contribution is -0.138. The van der Waals surface area contributed by atoms with E-state index in [1.54, 1.807) is 0 Å². The van der Waals surface area contributed by atoms with Gasteiger partial charge >= 0.3 is 5.97 Å². The number of nitrogens with one attached hydrogen (secondary N) is 2. The van der Waals surface area contributed by atoms with E-state index in [2.05, 4.69) is 32.6 Å². The second-order valence-electron chi connectivity index (χ2n) is 11.0. The van der Waals surface area contributed by atoms with Crippen LogP contribution in [0.2, 0.25) is 0 Å². The van der Waals surface area contributed by atoms with Crippen molar-refractivity contribution in [3.63, 3.8) is 0 Å². The molecule has 1 atom stereocenters. The number of methoxy groups -OCH3 is 2. The Morgan fingerprint density at radius 3 is 2.30 bits per heavy atom. The maximum absolute atomic E-state index is 13.6. The van der Waals surface area contributed by atoms with E-state index in [0.29, 0.717) is 4.90 Å². The van der Waals surface area contributed by atoms with E-state index in [1.807, 2.05) is 25.2 Å². The zero-order valence-corrected chi connectivity index (χ0v) is 26.7. The van der Waals surface area contributed by atoms with Crippen LogP contribution in [0.25, 0.3) is 0 Å². The van der Waals surface area contributed by atoms with Crippen molar-refractivity contribution < 1.29 is 32.6 Å². The first-order valence-electron chi connectivity index (χ1n) is 15.0. The number of rotatable bonds is 13. The zero-order chi connectivity index (χ0) is 33.6. The van der Waals surface area contributed by atoms with Gasteiger partial charge in [0.2, 0.25) is 12.8 Å². The lowest BCUT2D eigenvalue weighted by Crippen LogP contribution is -2.57. The SMILES string of the molecule is CN/C(COC)=C(/C(=O)OC)[C@H](c1ccc(F)c(F)c1)N(C=O)C=O.CNCC1CN(C2CCN(c3ccccc3C#N)CC2)C1. The molecule has 0 spiro atoms. The Bertz CT molecular complexity index is 1400. The number of para-hydroxylation sites is 1. The summed E-state index contributed by atoms with van der Waals surface area (Å²) in [7, 11) is 6.01. The van der Waals surface area contributed by atoms with Crippen molar-refractivity contribution in [2.24, 2.45) is 5.92 Å². The molecule has 0 aliphatic carbocycles. The van der Waals surface area contributed by atoms with Gasteiger partial charge in [-0.05, 0) is 55.6 Å². The number of likely N-dealkylation sites (N-methyl/N-ethyl adjacent to an activating group) is 1. The summed E-state index contributed by atoms with van der Waals surface area (Å²) in [6.45, 7) is 5.70. The van der Waals surface area contributed by atoms with Crippen LogP contribution in [-0.2, 0) is 23.9 Å². The highest BCUT2D eigenvalue weighted by Crippen LogP contribution is 2.31. The molecule has 13 heteroatoms. The van der Waals surface area contributed by atoms with E-state index < -0.39 is 23.6 Å². The highest BCUT2D eigenvalue weighted by molar-refractivity contribution is 5.92. The third-order valence-corrected chi connectivity index (χ3v) is 8.22. The van der Waals surface area contributed by atoms with E-state index in [0.717, 1.165) is 68.2 Å². The monoisotopic (exact) mass is 640 g/mol. The summed E-state index contributed by atoms with van der Waals surface area (Å²) < 4.78 is 36.6. The number of hydrogen-bond acceptors (Lipinski definition) is 10. The van der Waals surface area contributed by atoms with Crippen LogP contribution < -0.4 is 15.5 Å². The minimum atomic E-state index is -1.34. The number of amides is 2. The van der Waals surface area contributed by atoms with E-state index in [-0.39, 0.29) is 36.3 Å². The van der Waals surface area contributed by atoms with Crippen LogP contribution in [-0.4, -0.2) is 102 Å². The molecule has 2 N–H and O–H groups in total. The number of likely N-dealkylation sites (tertiary alicyclic amines) is 1. The highest BCUT2D eigenvalue weighted by Gasteiger charge is 2.34. The lowest BCUT2D eigenvalue weighted by atomic mass is 9.93. The minimum absolute atomic E-state index is 0.00218. The first-order valence-corrected chi connectivity index (χ1v) is 15.0. The normalized spacial score (nSPS) is 16.5. The highest BCUT2D eigenvalue weighted by atomic mass is 19.2. The molecule has 46 heavy (non-hydrogen) atoms. The van der Waals surface area contributed by atoms with Crippen molar-refractivity contribution in [3.05, 3.63) is 76.5 Å². The number of nitrogens with zero attached hydrogens (tertiary/aromatic N) is 4. The molecule has 248 valence electrons. The number of anilines is 1. The van der Waals surface area contributed by atoms with Gasteiger partial charge in [0.15, 0.2) is 11.6 Å². The molecular weight excluding hydrogens is 598 g/mol. The topological polar surface area (TPSA) is 127 Å². The van der Waals surface area contributed by atoms with Crippen molar-refractivity contribution in [1.82, 2.24) is 20.4 Å².